The molecule has 1 atom stereocenters. The molecular weight excluding hydrogens is 344 g/mol. The summed E-state index contributed by atoms with van der Waals surface area (Å²) in [6.45, 7) is 6.28. The highest BCUT2D eigenvalue weighted by molar-refractivity contribution is 7.99. The summed E-state index contributed by atoms with van der Waals surface area (Å²) in [6, 6.07) is 15.9. The highest BCUT2D eigenvalue weighted by Crippen LogP contribution is 2.28. The molecule has 0 bridgehead atoms. The van der Waals surface area contributed by atoms with Gasteiger partial charge in [0.1, 0.15) is 5.75 Å². The first kappa shape index (κ1) is 18.5. The van der Waals surface area contributed by atoms with Crippen LogP contribution in [0.15, 0.2) is 53.7 Å². The fourth-order valence-corrected chi connectivity index (χ4v) is 3.70. The minimum atomic E-state index is -0.229. The van der Waals surface area contributed by atoms with E-state index in [1.807, 2.05) is 47.9 Å². The number of thioether (sulfide) groups is 1. The Morgan fingerprint density at radius 2 is 1.92 bits per heavy atom. The number of imidazole rings is 1. The Morgan fingerprint density at radius 1 is 1.19 bits per heavy atom. The van der Waals surface area contributed by atoms with Gasteiger partial charge in [-0.2, -0.15) is 0 Å². The van der Waals surface area contributed by atoms with Gasteiger partial charge in [-0.1, -0.05) is 43.0 Å². The van der Waals surface area contributed by atoms with Crippen LogP contribution in [0.3, 0.4) is 0 Å². The summed E-state index contributed by atoms with van der Waals surface area (Å²) in [5.41, 5.74) is 3.21. The van der Waals surface area contributed by atoms with Crippen LogP contribution in [0.4, 0.5) is 0 Å². The number of carbonyl (C=O) groups is 1. The molecule has 26 heavy (non-hydrogen) atoms. The second-order valence-corrected chi connectivity index (χ2v) is 7.30. The lowest BCUT2D eigenvalue weighted by molar-refractivity contribution is -0.119. The van der Waals surface area contributed by atoms with Crippen LogP contribution in [-0.4, -0.2) is 27.7 Å². The van der Waals surface area contributed by atoms with Crippen LogP contribution in [0, 0.1) is 0 Å². The molecule has 0 saturated carbocycles. The minimum absolute atomic E-state index is 0.127. The van der Waals surface area contributed by atoms with Crippen molar-refractivity contribution in [1.29, 1.82) is 0 Å². The van der Waals surface area contributed by atoms with E-state index in [4.69, 9.17) is 9.72 Å². The molecule has 0 aliphatic rings. The number of para-hydroxylation sites is 2. The molecule has 1 heterocycles. The molecule has 0 amide bonds. The van der Waals surface area contributed by atoms with Crippen LogP contribution in [0.25, 0.3) is 11.0 Å². The van der Waals surface area contributed by atoms with Crippen molar-refractivity contribution >= 4 is 28.6 Å². The van der Waals surface area contributed by atoms with Crippen molar-refractivity contribution in [1.82, 2.24) is 9.55 Å². The molecule has 1 aromatic heterocycles. The molecule has 1 unspecified atom stereocenters. The minimum Gasteiger partial charge on any atom is -0.493 e. The maximum absolute atomic E-state index is 11.9. The monoisotopic (exact) mass is 368 g/mol. The fraction of sp³-hybridized carbons (Fsp3) is 0.333. The first-order chi connectivity index (χ1) is 12.6. The van der Waals surface area contributed by atoms with E-state index in [1.165, 1.54) is 5.56 Å². The van der Waals surface area contributed by atoms with Gasteiger partial charge in [0.2, 0.25) is 0 Å². The largest absolute Gasteiger partial charge is 0.493 e. The first-order valence-corrected chi connectivity index (χ1v) is 9.90. The standard InChI is InChI=1S/C21H24N2O2S/c1-4-17-9-11-18(12-10-17)25-13-14-26-21-22-19-7-5-6-8-20(19)23(21)15(2)16(3)24/h5-12,15H,4,13-14H2,1-3H3. The molecule has 0 fully saturated rings. The van der Waals surface area contributed by atoms with Crippen LogP contribution in [0.1, 0.15) is 32.4 Å². The van der Waals surface area contributed by atoms with Gasteiger partial charge in [0.25, 0.3) is 0 Å². The lowest BCUT2D eigenvalue weighted by atomic mass is 10.2. The third kappa shape index (κ3) is 4.10. The second kappa shape index (κ2) is 8.41. The van der Waals surface area contributed by atoms with Crippen molar-refractivity contribution < 1.29 is 9.53 Å². The van der Waals surface area contributed by atoms with Gasteiger partial charge in [-0.15, -0.1) is 0 Å². The lowest BCUT2D eigenvalue weighted by Crippen LogP contribution is -2.14. The summed E-state index contributed by atoms with van der Waals surface area (Å²) < 4.78 is 7.85. The van der Waals surface area contributed by atoms with E-state index in [1.54, 1.807) is 18.7 Å². The molecular formula is C21H24N2O2S. The summed E-state index contributed by atoms with van der Waals surface area (Å²) in [6.07, 6.45) is 1.03. The Bertz CT molecular complexity index is 887. The van der Waals surface area contributed by atoms with Gasteiger partial charge in [0, 0.05) is 5.75 Å². The number of ether oxygens (including phenoxy) is 1. The Labute approximate surface area is 158 Å². The number of nitrogens with zero attached hydrogens (tertiary/aromatic N) is 2. The van der Waals surface area contributed by atoms with Crippen molar-refractivity contribution in [3.8, 4) is 5.75 Å². The molecule has 5 heteroatoms. The summed E-state index contributed by atoms with van der Waals surface area (Å²) in [5.74, 6) is 1.78. The average Bonchev–Trinajstić information content (AvgIpc) is 3.03. The Hall–Kier alpha value is -2.27. The molecule has 0 N–H and O–H groups in total. The number of rotatable bonds is 8. The Kier molecular flexibility index (Phi) is 5.99. The van der Waals surface area contributed by atoms with Crippen LogP contribution >= 0.6 is 11.8 Å². The van der Waals surface area contributed by atoms with E-state index in [-0.39, 0.29) is 11.8 Å². The quantitative estimate of drug-likeness (QED) is 0.418. The smallest absolute Gasteiger partial charge is 0.169 e. The average molecular weight is 369 g/mol. The zero-order chi connectivity index (χ0) is 18.5. The van der Waals surface area contributed by atoms with Gasteiger partial charge in [-0.25, -0.2) is 4.98 Å². The van der Waals surface area contributed by atoms with Gasteiger partial charge in [-0.3, -0.25) is 4.79 Å². The van der Waals surface area contributed by atoms with Crippen molar-refractivity contribution in [3.63, 3.8) is 0 Å². The predicted octanol–water partition coefficient (Wildman–Crippen LogP) is 4.92. The number of fused-ring (bicyclic) bond motifs is 1. The van der Waals surface area contributed by atoms with Gasteiger partial charge in [0.15, 0.2) is 10.9 Å². The number of ketones is 1. The van der Waals surface area contributed by atoms with Crippen molar-refractivity contribution in [2.75, 3.05) is 12.4 Å². The number of benzene rings is 2. The normalized spacial score (nSPS) is 12.3. The molecule has 0 aliphatic heterocycles. The molecule has 0 spiro atoms. The second-order valence-electron chi connectivity index (χ2n) is 6.23. The van der Waals surface area contributed by atoms with Crippen molar-refractivity contribution in [2.45, 2.75) is 38.4 Å². The van der Waals surface area contributed by atoms with Crippen LogP contribution in [-0.2, 0) is 11.2 Å². The number of hydrogen-bond acceptors (Lipinski definition) is 4. The molecule has 3 aromatic rings. The fourth-order valence-electron chi connectivity index (χ4n) is 2.79. The summed E-state index contributed by atoms with van der Waals surface area (Å²) in [4.78, 5) is 16.6. The van der Waals surface area contributed by atoms with Gasteiger partial charge in [0.05, 0.1) is 23.7 Å². The number of Topliss-reactive ketones (excluding diaryl/α,β-unsaturated/α-hetero) is 1. The van der Waals surface area contributed by atoms with Gasteiger partial charge >= 0.3 is 0 Å². The van der Waals surface area contributed by atoms with Crippen LogP contribution in [0.2, 0.25) is 0 Å². The van der Waals surface area contributed by atoms with E-state index in [0.29, 0.717) is 6.61 Å². The maximum Gasteiger partial charge on any atom is 0.169 e. The van der Waals surface area contributed by atoms with E-state index in [2.05, 4.69) is 19.1 Å². The molecule has 0 aliphatic carbocycles. The zero-order valence-electron chi connectivity index (χ0n) is 15.4. The predicted molar refractivity (Wildman–Crippen MR) is 107 cm³/mol. The summed E-state index contributed by atoms with van der Waals surface area (Å²) in [7, 11) is 0. The molecule has 0 saturated heterocycles. The summed E-state index contributed by atoms with van der Waals surface area (Å²) in [5, 5.41) is 0.860. The third-order valence-corrected chi connectivity index (χ3v) is 5.37. The van der Waals surface area contributed by atoms with E-state index in [9.17, 15) is 4.79 Å². The molecule has 136 valence electrons. The van der Waals surface area contributed by atoms with E-state index < -0.39 is 0 Å². The van der Waals surface area contributed by atoms with Crippen LogP contribution in [0.5, 0.6) is 5.75 Å². The van der Waals surface area contributed by atoms with Crippen molar-refractivity contribution in [3.05, 3.63) is 54.1 Å². The number of carbonyl (C=O) groups excluding carboxylic acids is 1. The number of hydrogen-bond donors (Lipinski definition) is 0. The Morgan fingerprint density at radius 3 is 2.62 bits per heavy atom. The van der Waals surface area contributed by atoms with Crippen LogP contribution < -0.4 is 4.74 Å². The highest BCUT2D eigenvalue weighted by Gasteiger charge is 2.18. The number of aryl methyl sites for hydroxylation is 1. The van der Waals surface area contributed by atoms with Gasteiger partial charge < -0.3 is 9.30 Å². The lowest BCUT2D eigenvalue weighted by Gasteiger charge is -2.14. The molecule has 0 radical (unpaired) electrons. The molecule has 2 aromatic carbocycles. The third-order valence-electron chi connectivity index (χ3n) is 4.45. The van der Waals surface area contributed by atoms with Crippen molar-refractivity contribution in [2.24, 2.45) is 0 Å². The number of aromatic nitrogens is 2. The van der Waals surface area contributed by atoms with Gasteiger partial charge in [-0.05, 0) is 50.1 Å². The highest BCUT2D eigenvalue weighted by atomic mass is 32.2. The summed E-state index contributed by atoms with van der Waals surface area (Å²) >= 11 is 1.62. The zero-order valence-corrected chi connectivity index (χ0v) is 16.3. The molecule has 4 nitrogen and oxygen atoms in total. The first-order valence-electron chi connectivity index (χ1n) is 8.92. The molecule has 3 rings (SSSR count). The SMILES string of the molecule is CCc1ccc(OCCSc2nc3ccccc3n2C(C)C(C)=O)cc1. The Balaban J connectivity index is 1.68. The maximum atomic E-state index is 11.9. The topological polar surface area (TPSA) is 44.1 Å². The van der Waals surface area contributed by atoms with E-state index in [0.717, 1.165) is 34.1 Å². The van der Waals surface area contributed by atoms with E-state index >= 15 is 0 Å².